The van der Waals surface area contributed by atoms with E-state index < -0.39 is 0 Å². The number of aromatic nitrogens is 2. The zero-order chi connectivity index (χ0) is 13.4. The highest BCUT2D eigenvalue weighted by Gasteiger charge is 2.08. The van der Waals surface area contributed by atoms with E-state index in [9.17, 15) is 4.79 Å². The molecule has 2 aromatic carbocycles. The van der Waals surface area contributed by atoms with E-state index in [1.807, 2.05) is 36.6 Å². The number of nitrogens with zero attached hydrogens (tertiary/aromatic N) is 1. The molecule has 0 saturated carbocycles. The maximum atomic E-state index is 12.1. The molecule has 0 spiro atoms. The molecule has 3 aromatic rings. The molecule has 1 aromatic heterocycles. The smallest absolute Gasteiger partial charge is 0.305 e. The molecule has 0 fully saturated rings. The van der Waals surface area contributed by atoms with Crippen molar-refractivity contribution in [3.8, 4) is 5.69 Å². The van der Waals surface area contributed by atoms with E-state index >= 15 is 0 Å². The number of halogens is 1. The number of benzene rings is 2. The van der Waals surface area contributed by atoms with Gasteiger partial charge in [-0.15, -0.1) is 11.8 Å². The fourth-order valence-electron chi connectivity index (χ4n) is 2.06. The van der Waals surface area contributed by atoms with Crippen molar-refractivity contribution in [2.24, 2.45) is 0 Å². The Labute approximate surface area is 119 Å². The van der Waals surface area contributed by atoms with Gasteiger partial charge in [-0.3, -0.25) is 4.57 Å². The number of nitrogens with one attached hydrogen (secondary N) is 1. The maximum absolute atomic E-state index is 12.1. The van der Waals surface area contributed by atoms with Crippen LogP contribution in [0, 0.1) is 0 Å². The summed E-state index contributed by atoms with van der Waals surface area (Å²) in [7, 11) is 0. The Hall–Kier alpha value is -1.65. The molecule has 3 nitrogen and oxygen atoms in total. The molecule has 0 aliphatic heterocycles. The minimum Gasteiger partial charge on any atom is -0.305 e. The normalized spacial score (nSPS) is 11.1. The summed E-state index contributed by atoms with van der Waals surface area (Å²) in [5.74, 6) is 0. The number of rotatable bonds is 2. The Kier molecular flexibility index (Phi) is 3.12. The lowest BCUT2D eigenvalue weighted by molar-refractivity contribution is 1.01. The lowest BCUT2D eigenvalue weighted by Gasteiger charge is -2.04. The molecule has 0 amide bonds. The Morgan fingerprint density at radius 2 is 1.89 bits per heavy atom. The van der Waals surface area contributed by atoms with Crippen molar-refractivity contribution < 1.29 is 0 Å². The number of imidazole rings is 1. The third-order valence-corrected chi connectivity index (χ3v) is 3.95. The van der Waals surface area contributed by atoms with Gasteiger partial charge in [-0.2, -0.15) is 0 Å². The molecule has 5 heteroatoms. The Bertz CT molecular complexity index is 789. The van der Waals surface area contributed by atoms with E-state index in [0.29, 0.717) is 5.02 Å². The molecular formula is C14H11ClN2OS. The van der Waals surface area contributed by atoms with Crippen LogP contribution >= 0.6 is 23.4 Å². The SMILES string of the molecule is CSc1ccc(-n2c(=O)[nH]c3ccc(Cl)cc32)cc1. The molecule has 0 atom stereocenters. The predicted octanol–water partition coefficient (Wildman–Crippen LogP) is 3.69. The van der Waals surface area contributed by atoms with Gasteiger partial charge in [0.15, 0.2) is 0 Å². The lowest BCUT2D eigenvalue weighted by Crippen LogP contribution is -2.14. The van der Waals surface area contributed by atoms with Crippen LogP contribution in [0.5, 0.6) is 0 Å². The molecule has 96 valence electrons. The van der Waals surface area contributed by atoms with Crippen LogP contribution in [0.4, 0.5) is 0 Å². The average Bonchev–Trinajstić information content (AvgIpc) is 2.74. The van der Waals surface area contributed by atoms with Gasteiger partial charge >= 0.3 is 5.69 Å². The van der Waals surface area contributed by atoms with E-state index in [-0.39, 0.29) is 5.69 Å². The number of fused-ring (bicyclic) bond motifs is 1. The molecule has 1 N–H and O–H groups in total. The summed E-state index contributed by atoms with van der Waals surface area (Å²) in [6.07, 6.45) is 2.02. The quantitative estimate of drug-likeness (QED) is 0.731. The molecular weight excluding hydrogens is 280 g/mol. The summed E-state index contributed by atoms with van der Waals surface area (Å²) in [4.78, 5) is 16.1. The topological polar surface area (TPSA) is 37.8 Å². The fraction of sp³-hybridized carbons (Fsp3) is 0.0714. The molecule has 3 rings (SSSR count). The van der Waals surface area contributed by atoms with Crippen LogP contribution in [0.3, 0.4) is 0 Å². The van der Waals surface area contributed by atoms with Crippen LogP contribution in [0.1, 0.15) is 0 Å². The Morgan fingerprint density at radius 1 is 1.16 bits per heavy atom. The van der Waals surface area contributed by atoms with Gasteiger partial charge in [0.25, 0.3) is 0 Å². The van der Waals surface area contributed by atoms with Crippen molar-refractivity contribution in [1.82, 2.24) is 9.55 Å². The molecule has 0 bridgehead atoms. The van der Waals surface area contributed by atoms with E-state index in [0.717, 1.165) is 21.6 Å². The predicted molar refractivity (Wildman–Crippen MR) is 80.7 cm³/mol. The van der Waals surface area contributed by atoms with E-state index in [1.165, 1.54) is 0 Å². The summed E-state index contributed by atoms with van der Waals surface area (Å²) in [6, 6.07) is 13.2. The third-order valence-electron chi connectivity index (χ3n) is 2.98. The van der Waals surface area contributed by atoms with E-state index in [1.54, 1.807) is 28.5 Å². The third kappa shape index (κ3) is 2.17. The highest BCUT2D eigenvalue weighted by molar-refractivity contribution is 7.98. The summed E-state index contributed by atoms with van der Waals surface area (Å²) < 4.78 is 1.63. The van der Waals surface area contributed by atoms with Crippen LogP contribution in [-0.2, 0) is 0 Å². The van der Waals surface area contributed by atoms with Gasteiger partial charge in [-0.05, 0) is 48.7 Å². The number of H-pyrrole nitrogens is 1. The summed E-state index contributed by atoms with van der Waals surface area (Å²) in [6.45, 7) is 0. The first-order valence-corrected chi connectivity index (χ1v) is 7.34. The second kappa shape index (κ2) is 4.79. The number of hydrogen-bond acceptors (Lipinski definition) is 2. The van der Waals surface area contributed by atoms with Gasteiger partial charge < -0.3 is 4.98 Å². The monoisotopic (exact) mass is 290 g/mol. The highest BCUT2D eigenvalue weighted by Crippen LogP contribution is 2.21. The maximum Gasteiger partial charge on any atom is 0.331 e. The van der Waals surface area contributed by atoms with Gasteiger partial charge in [0.2, 0.25) is 0 Å². The molecule has 0 aliphatic carbocycles. The van der Waals surface area contributed by atoms with E-state index in [4.69, 9.17) is 11.6 Å². The Morgan fingerprint density at radius 3 is 2.58 bits per heavy atom. The largest absolute Gasteiger partial charge is 0.331 e. The van der Waals surface area contributed by atoms with Crippen molar-refractivity contribution in [3.63, 3.8) is 0 Å². The van der Waals surface area contributed by atoms with Gasteiger partial charge in [-0.1, -0.05) is 11.6 Å². The molecule has 0 aliphatic rings. The van der Waals surface area contributed by atoms with Crippen molar-refractivity contribution in [3.05, 3.63) is 58.0 Å². The lowest BCUT2D eigenvalue weighted by atomic mass is 10.3. The number of thioether (sulfide) groups is 1. The van der Waals surface area contributed by atoms with E-state index in [2.05, 4.69) is 4.98 Å². The average molecular weight is 291 g/mol. The first kappa shape index (κ1) is 12.4. The molecule has 19 heavy (non-hydrogen) atoms. The molecule has 0 unspecified atom stereocenters. The summed E-state index contributed by atoms with van der Waals surface area (Å²) in [5.41, 5.74) is 2.24. The highest BCUT2D eigenvalue weighted by atomic mass is 35.5. The molecule has 0 saturated heterocycles. The van der Waals surface area contributed by atoms with Gasteiger partial charge in [0.05, 0.1) is 16.7 Å². The number of hydrogen-bond donors (Lipinski definition) is 1. The van der Waals surface area contributed by atoms with Gasteiger partial charge in [0, 0.05) is 9.92 Å². The summed E-state index contributed by atoms with van der Waals surface area (Å²) in [5, 5.41) is 0.612. The van der Waals surface area contributed by atoms with Crippen molar-refractivity contribution in [2.75, 3.05) is 6.26 Å². The fourth-order valence-corrected chi connectivity index (χ4v) is 2.64. The van der Waals surface area contributed by atoms with Crippen LogP contribution in [-0.4, -0.2) is 15.8 Å². The van der Waals surface area contributed by atoms with Crippen molar-refractivity contribution >= 4 is 34.4 Å². The Balaban J connectivity index is 2.25. The first-order chi connectivity index (χ1) is 9.19. The minimum absolute atomic E-state index is 0.158. The second-order valence-corrected chi connectivity index (χ2v) is 5.44. The van der Waals surface area contributed by atoms with Crippen molar-refractivity contribution in [1.29, 1.82) is 0 Å². The second-order valence-electron chi connectivity index (χ2n) is 4.13. The minimum atomic E-state index is -0.158. The summed E-state index contributed by atoms with van der Waals surface area (Å²) >= 11 is 7.67. The standard InChI is InChI=1S/C14H11ClN2OS/c1-19-11-5-3-10(4-6-11)17-13-8-9(15)2-7-12(13)16-14(17)18/h2-8H,1H3,(H,16,18). The zero-order valence-electron chi connectivity index (χ0n) is 10.2. The van der Waals surface area contributed by atoms with Crippen molar-refractivity contribution in [2.45, 2.75) is 4.90 Å². The molecule has 1 heterocycles. The molecule has 0 radical (unpaired) electrons. The van der Waals surface area contributed by atoms with Gasteiger partial charge in [-0.25, -0.2) is 4.79 Å². The van der Waals surface area contributed by atoms with Crippen LogP contribution in [0.15, 0.2) is 52.2 Å². The number of aromatic amines is 1. The van der Waals surface area contributed by atoms with Crippen LogP contribution in [0.2, 0.25) is 5.02 Å². The first-order valence-electron chi connectivity index (χ1n) is 5.74. The van der Waals surface area contributed by atoms with Crippen LogP contribution in [0.25, 0.3) is 16.7 Å². The zero-order valence-corrected chi connectivity index (χ0v) is 11.8. The van der Waals surface area contributed by atoms with Crippen LogP contribution < -0.4 is 5.69 Å². The van der Waals surface area contributed by atoms with Gasteiger partial charge in [0.1, 0.15) is 0 Å².